The highest BCUT2D eigenvalue weighted by Crippen LogP contribution is 2.39. The summed E-state index contributed by atoms with van der Waals surface area (Å²) in [4.78, 5) is 11.0. The normalized spacial score (nSPS) is 18.5. The molecule has 0 amide bonds. The maximum Gasteiger partial charge on any atom is 0.323 e. The second kappa shape index (κ2) is 3.62. The van der Waals surface area contributed by atoms with Crippen molar-refractivity contribution < 1.29 is 9.90 Å². The molecule has 0 saturated heterocycles. The van der Waals surface area contributed by atoms with Crippen molar-refractivity contribution in [2.75, 3.05) is 0 Å². The van der Waals surface area contributed by atoms with Gasteiger partial charge in [-0.1, -0.05) is 25.1 Å². The van der Waals surface area contributed by atoms with Crippen LogP contribution in [0.3, 0.4) is 0 Å². The standard InChI is InChI=1S/C14H15NO2/c1-9-6-7-11-10-4-2-3-5-12(10)15(14(9)11)8-13(16)17/h2-5,9H,6-8H2,1H3,(H,16,17). The second-order valence-corrected chi connectivity index (χ2v) is 4.80. The maximum atomic E-state index is 11.0. The van der Waals surface area contributed by atoms with Crippen LogP contribution >= 0.6 is 0 Å². The first-order valence-corrected chi connectivity index (χ1v) is 6.00. The highest BCUT2D eigenvalue weighted by Gasteiger charge is 2.27. The first-order valence-electron chi connectivity index (χ1n) is 6.00. The van der Waals surface area contributed by atoms with Gasteiger partial charge in [-0.3, -0.25) is 4.79 Å². The van der Waals surface area contributed by atoms with Gasteiger partial charge < -0.3 is 9.67 Å². The van der Waals surface area contributed by atoms with Crippen LogP contribution in [0, 0.1) is 0 Å². The number of benzene rings is 1. The number of hydrogen-bond acceptors (Lipinski definition) is 1. The molecule has 1 unspecified atom stereocenters. The van der Waals surface area contributed by atoms with E-state index in [1.54, 1.807) is 0 Å². The fourth-order valence-corrected chi connectivity index (χ4v) is 3.02. The van der Waals surface area contributed by atoms with Crippen molar-refractivity contribution in [2.45, 2.75) is 32.2 Å². The van der Waals surface area contributed by atoms with E-state index in [-0.39, 0.29) is 6.54 Å². The minimum atomic E-state index is -0.771. The molecule has 17 heavy (non-hydrogen) atoms. The fourth-order valence-electron chi connectivity index (χ4n) is 3.02. The van der Waals surface area contributed by atoms with E-state index in [4.69, 9.17) is 5.11 Å². The van der Waals surface area contributed by atoms with Crippen molar-refractivity contribution in [3.05, 3.63) is 35.5 Å². The lowest BCUT2D eigenvalue weighted by Crippen LogP contribution is -2.12. The van der Waals surface area contributed by atoms with Gasteiger partial charge >= 0.3 is 5.97 Å². The van der Waals surface area contributed by atoms with Crippen LogP contribution in [-0.2, 0) is 17.8 Å². The molecule has 1 aliphatic rings. The Morgan fingerprint density at radius 2 is 2.24 bits per heavy atom. The van der Waals surface area contributed by atoms with Crippen LogP contribution in [0.1, 0.15) is 30.5 Å². The molecule has 1 aliphatic carbocycles. The van der Waals surface area contributed by atoms with E-state index in [0.717, 1.165) is 18.4 Å². The number of carbonyl (C=O) groups is 1. The van der Waals surface area contributed by atoms with Crippen LogP contribution in [0.4, 0.5) is 0 Å². The van der Waals surface area contributed by atoms with Crippen molar-refractivity contribution in [1.82, 2.24) is 4.57 Å². The molecule has 0 radical (unpaired) electrons. The van der Waals surface area contributed by atoms with E-state index in [9.17, 15) is 4.79 Å². The molecule has 0 spiro atoms. The number of aryl methyl sites for hydroxylation is 1. The number of fused-ring (bicyclic) bond motifs is 3. The molecule has 88 valence electrons. The largest absolute Gasteiger partial charge is 0.480 e. The summed E-state index contributed by atoms with van der Waals surface area (Å²) in [5.74, 6) is -0.301. The molecule has 3 heteroatoms. The van der Waals surface area contributed by atoms with Gasteiger partial charge in [-0.05, 0) is 30.4 Å². The summed E-state index contributed by atoms with van der Waals surface area (Å²) < 4.78 is 1.98. The van der Waals surface area contributed by atoms with Crippen molar-refractivity contribution in [3.63, 3.8) is 0 Å². The summed E-state index contributed by atoms with van der Waals surface area (Å²) in [6.07, 6.45) is 2.21. The Morgan fingerprint density at radius 3 is 3.00 bits per heavy atom. The average molecular weight is 229 g/mol. The Hall–Kier alpha value is -1.77. The van der Waals surface area contributed by atoms with E-state index in [1.807, 2.05) is 22.8 Å². The van der Waals surface area contributed by atoms with E-state index in [0.29, 0.717) is 5.92 Å². The summed E-state index contributed by atoms with van der Waals surface area (Å²) >= 11 is 0. The van der Waals surface area contributed by atoms with E-state index in [2.05, 4.69) is 13.0 Å². The fraction of sp³-hybridized carbons (Fsp3) is 0.357. The molecule has 0 fully saturated rings. The number of aromatic nitrogens is 1. The van der Waals surface area contributed by atoms with Crippen molar-refractivity contribution >= 4 is 16.9 Å². The van der Waals surface area contributed by atoms with Gasteiger partial charge in [0, 0.05) is 16.6 Å². The summed E-state index contributed by atoms with van der Waals surface area (Å²) in [5.41, 5.74) is 3.65. The molecule has 1 N–H and O–H groups in total. The topological polar surface area (TPSA) is 42.2 Å². The zero-order valence-electron chi connectivity index (χ0n) is 9.81. The number of aliphatic carboxylic acids is 1. The number of carboxylic acid groups (broad SMARTS) is 1. The van der Waals surface area contributed by atoms with Crippen LogP contribution in [0.2, 0.25) is 0 Å². The molecule has 3 rings (SSSR count). The summed E-state index contributed by atoms with van der Waals surface area (Å²) in [6.45, 7) is 2.25. The third-order valence-electron chi connectivity index (χ3n) is 3.71. The molecule has 1 aromatic heterocycles. The van der Waals surface area contributed by atoms with E-state index in [1.165, 1.54) is 16.6 Å². The molecule has 1 heterocycles. The van der Waals surface area contributed by atoms with Gasteiger partial charge in [-0.2, -0.15) is 0 Å². The van der Waals surface area contributed by atoms with Crippen molar-refractivity contribution in [3.8, 4) is 0 Å². The Labute approximate surface area is 99.7 Å². The number of hydrogen-bond donors (Lipinski definition) is 1. The number of carboxylic acids is 1. The van der Waals surface area contributed by atoms with E-state index >= 15 is 0 Å². The lowest BCUT2D eigenvalue weighted by molar-refractivity contribution is -0.137. The van der Waals surface area contributed by atoms with Crippen molar-refractivity contribution in [1.29, 1.82) is 0 Å². The Balaban J connectivity index is 2.31. The van der Waals surface area contributed by atoms with Gasteiger partial charge in [-0.25, -0.2) is 0 Å². The lowest BCUT2D eigenvalue weighted by Gasteiger charge is -2.10. The molecular formula is C14H15NO2. The van der Waals surface area contributed by atoms with Gasteiger partial charge in [0.1, 0.15) is 6.54 Å². The molecule has 1 atom stereocenters. The molecule has 0 aliphatic heterocycles. The predicted molar refractivity (Wildman–Crippen MR) is 66.3 cm³/mol. The number of rotatable bonds is 2. The molecular weight excluding hydrogens is 214 g/mol. The second-order valence-electron chi connectivity index (χ2n) is 4.80. The minimum absolute atomic E-state index is 0.0696. The maximum absolute atomic E-state index is 11.0. The third kappa shape index (κ3) is 1.46. The van der Waals surface area contributed by atoms with Gasteiger partial charge in [-0.15, -0.1) is 0 Å². The quantitative estimate of drug-likeness (QED) is 0.860. The number of para-hydroxylation sites is 1. The lowest BCUT2D eigenvalue weighted by atomic mass is 10.1. The van der Waals surface area contributed by atoms with E-state index < -0.39 is 5.97 Å². The minimum Gasteiger partial charge on any atom is -0.480 e. The first-order chi connectivity index (χ1) is 8.18. The van der Waals surface area contributed by atoms with Crippen LogP contribution in [0.25, 0.3) is 10.9 Å². The SMILES string of the molecule is CC1CCc2c1n(CC(=O)O)c1ccccc21. The summed E-state index contributed by atoms with van der Waals surface area (Å²) in [5, 5.41) is 10.3. The van der Waals surface area contributed by atoms with Crippen LogP contribution < -0.4 is 0 Å². The monoisotopic (exact) mass is 229 g/mol. The molecule has 0 saturated carbocycles. The van der Waals surface area contributed by atoms with Gasteiger partial charge in [0.25, 0.3) is 0 Å². The zero-order chi connectivity index (χ0) is 12.0. The molecule has 1 aromatic carbocycles. The smallest absolute Gasteiger partial charge is 0.323 e. The molecule has 2 aromatic rings. The van der Waals surface area contributed by atoms with Crippen LogP contribution in [0.15, 0.2) is 24.3 Å². The van der Waals surface area contributed by atoms with Crippen molar-refractivity contribution in [2.24, 2.45) is 0 Å². The first kappa shape index (κ1) is 10.4. The summed E-state index contributed by atoms with van der Waals surface area (Å²) in [7, 11) is 0. The Bertz CT molecular complexity index is 598. The third-order valence-corrected chi connectivity index (χ3v) is 3.71. The Kier molecular flexibility index (Phi) is 2.21. The molecule has 0 bridgehead atoms. The molecule has 3 nitrogen and oxygen atoms in total. The van der Waals surface area contributed by atoms with Crippen LogP contribution in [-0.4, -0.2) is 15.6 Å². The van der Waals surface area contributed by atoms with Gasteiger partial charge in [0.2, 0.25) is 0 Å². The highest BCUT2D eigenvalue weighted by atomic mass is 16.4. The highest BCUT2D eigenvalue weighted by molar-refractivity contribution is 5.87. The van der Waals surface area contributed by atoms with Gasteiger partial charge in [0.05, 0.1) is 0 Å². The number of nitrogens with zero attached hydrogens (tertiary/aromatic N) is 1. The van der Waals surface area contributed by atoms with Crippen LogP contribution in [0.5, 0.6) is 0 Å². The summed E-state index contributed by atoms with van der Waals surface area (Å²) in [6, 6.07) is 8.12. The van der Waals surface area contributed by atoms with Gasteiger partial charge in [0.15, 0.2) is 0 Å². The average Bonchev–Trinajstić information content (AvgIpc) is 2.80. The predicted octanol–water partition coefficient (Wildman–Crippen LogP) is 2.78. The zero-order valence-corrected chi connectivity index (χ0v) is 9.81. The Morgan fingerprint density at radius 1 is 1.47 bits per heavy atom.